The average Bonchev–Trinajstić information content (AvgIpc) is 3.15. The number of nitrogens with zero attached hydrogens (tertiary/aromatic N) is 3. The molecule has 1 N–H and O–H groups in total. The molecular weight excluding hydrogens is 432 g/mol. The van der Waals surface area contributed by atoms with Crippen LogP contribution in [0.4, 0.5) is 5.69 Å². The van der Waals surface area contributed by atoms with Crippen molar-refractivity contribution in [2.45, 2.75) is 6.92 Å². The fourth-order valence-electron chi connectivity index (χ4n) is 2.43. The van der Waals surface area contributed by atoms with Crippen LogP contribution in [-0.4, -0.2) is 47.7 Å². The van der Waals surface area contributed by atoms with Crippen LogP contribution >= 0.6 is 22.9 Å². The van der Waals surface area contributed by atoms with E-state index < -0.39 is 18.5 Å². The first-order valence-electron chi connectivity index (χ1n) is 8.56. The van der Waals surface area contributed by atoms with Crippen molar-refractivity contribution in [1.29, 1.82) is 0 Å². The summed E-state index contributed by atoms with van der Waals surface area (Å²) >= 11 is 7.14. The van der Waals surface area contributed by atoms with Crippen molar-refractivity contribution >= 4 is 40.5 Å². The topological polar surface area (TPSA) is 113 Å². The van der Waals surface area contributed by atoms with Crippen molar-refractivity contribution in [1.82, 2.24) is 15.0 Å². The summed E-state index contributed by atoms with van der Waals surface area (Å²) in [5.74, 6) is -0.110. The summed E-state index contributed by atoms with van der Waals surface area (Å²) in [6.07, 6.45) is 3.17. The Bertz CT molecular complexity index is 1070. The number of aromatic nitrogens is 3. The predicted molar refractivity (Wildman–Crippen MR) is 111 cm³/mol. The molecule has 3 rings (SSSR count). The molecule has 2 heterocycles. The van der Waals surface area contributed by atoms with Gasteiger partial charge in [-0.3, -0.25) is 4.79 Å². The highest BCUT2D eigenvalue weighted by Gasteiger charge is 2.20. The van der Waals surface area contributed by atoms with Gasteiger partial charge in [0.1, 0.15) is 16.4 Å². The number of anilines is 1. The summed E-state index contributed by atoms with van der Waals surface area (Å²) in [6, 6.07) is 4.71. The van der Waals surface area contributed by atoms with Gasteiger partial charge in [0.05, 0.1) is 30.6 Å². The van der Waals surface area contributed by atoms with Gasteiger partial charge in [-0.15, -0.1) is 11.3 Å². The fraction of sp³-hybridized carbons (Fsp3) is 0.211. The Hall–Kier alpha value is -3.24. The number of hydrogen-bond donors (Lipinski definition) is 1. The number of amides is 1. The lowest BCUT2D eigenvalue weighted by Crippen LogP contribution is -2.21. The molecule has 0 bridgehead atoms. The van der Waals surface area contributed by atoms with Gasteiger partial charge in [0.2, 0.25) is 0 Å². The first-order chi connectivity index (χ1) is 14.4. The Kier molecular flexibility index (Phi) is 6.80. The normalized spacial score (nSPS) is 10.4. The standard InChI is InChI=1S/C19H17ClN4O5S/c1-10-16(30-18(23-10)17-21-5-4-6-22-17)19(26)29-9-15(25)24-12-8-13(27-2)11(20)7-14(12)28-3/h4-8H,9H2,1-3H3,(H,24,25). The predicted octanol–water partition coefficient (Wildman–Crippen LogP) is 3.37. The maximum atomic E-state index is 12.4. The molecule has 1 aromatic carbocycles. The lowest BCUT2D eigenvalue weighted by Gasteiger charge is -2.13. The molecule has 9 nitrogen and oxygen atoms in total. The highest BCUT2D eigenvalue weighted by molar-refractivity contribution is 7.16. The van der Waals surface area contributed by atoms with Gasteiger partial charge >= 0.3 is 5.97 Å². The molecule has 11 heteroatoms. The number of nitrogens with one attached hydrogen (secondary N) is 1. The highest BCUT2D eigenvalue weighted by Crippen LogP contribution is 2.35. The molecule has 0 aliphatic heterocycles. The summed E-state index contributed by atoms with van der Waals surface area (Å²) < 4.78 is 15.5. The minimum absolute atomic E-state index is 0.274. The van der Waals surface area contributed by atoms with Crippen LogP contribution < -0.4 is 14.8 Å². The lowest BCUT2D eigenvalue weighted by atomic mass is 10.2. The Morgan fingerprint density at radius 1 is 1.13 bits per heavy atom. The van der Waals surface area contributed by atoms with Gasteiger partial charge in [0, 0.05) is 24.5 Å². The van der Waals surface area contributed by atoms with Crippen LogP contribution in [0, 0.1) is 6.92 Å². The molecule has 0 unspecified atom stereocenters. The summed E-state index contributed by atoms with van der Waals surface area (Å²) in [4.78, 5) is 37.5. The van der Waals surface area contributed by atoms with E-state index in [1.54, 1.807) is 25.4 Å². The van der Waals surface area contributed by atoms with Crippen molar-refractivity contribution in [3.63, 3.8) is 0 Å². The van der Waals surface area contributed by atoms with E-state index >= 15 is 0 Å². The van der Waals surface area contributed by atoms with E-state index in [2.05, 4.69) is 20.3 Å². The van der Waals surface area contributed by atoms with Crippen LogP contribution in [0.2, 0.25) is 5.02 Å². The summed E-state index contributed by atoms with van der Waals surface area (Å²) in [7, 11) is 2.89. The maximum Gasteiger partial charge on any atom is 0.350 e. The van der Waals surface area contributed by atoms with E-state index in [-0.39, 0.29) is 4.88 Å². The minimum atomic E-state index is -0.664. The molecule has 0 saturated heterocycles. The maximum absolute atomic E-state index is 12.4. The Morgan fingerprint density at radius 2 is 1.83 bits per heavy atom. The summed E-state index contributed by atoms with van der Waals surface area (Å²) in [5.41, 5.74) is 0.800. The van der Waals surface area contributed by atoms with E-state index in [4.69, 9.17) is 25.8 Å². The number of methoxy groups -OCH3 is 2. The van der Waals surface area contributed by atoms with Gasteiger partial charge in [0.25, 0.3) is 5.91 Å². The largest absolute Gasteiger partial charge is 0.495 e. The quantitative estimate of drug-likeness (QED) is 0.547. The third kappa shape index (κ3) is 4.84. The van der Waals surface area contributed by atoms with Crippen LogP contribution in [0.3, 0.4) is 0 Å². The fourth-order valence-corrected chi connectivity index (χ4v) is 3.57. The van der Waals surface area contributed by atoms with E-state index in [0.717, 1.165) is 11.3 Å². The van der Waals surface area contributed by atoms with Crippen LogP contribution in [0.15, 0.2) is 30.6 Å². The molecule has 1 amide bonds. The number of halogens is 1. The second-order valence-electron chi connectivity index (χ2n) is 5.82. The summed E-state index contributed by atoms with van der Waals surface area (Å²) in [5, 5.41) is 3.42. The van der Waals surface area contributed by atoms with E-state index in [9.17, 15) is 9.59 Å². The number of carbonyl (C=O) groups excluding carboxylic acids is 2. The van der Waals surface area contributed by atoms with Gasteiger partial charge in [-0.05, 0) is 13.0 Å². The molecule has 0 spiro atoms. The zero-order valence-corrected chi connectivity index (χ0v) is 17.8. The number of esters is 1. The van der Waals surface area contributed by atoms with E-state index in [1.165, 1.54) is 26.4 Å². The number of carbonyl (C=O) groups is 2. The van der Waals surface area contributed by atoms with Crippen LogP contribution in [0.5, 0.6) is 11.5 Å². The lowest BCUT2D eigenvalue weighted by molar-refractivity contribution is -0.119. The van der Waals surface area contributed by atoms with Gasteiger partial charge < -0.3 is 19.5 Å². The molecule has 3 aromatic rings. The molecule has 0 aliphatic rings. The molecule has 0 radical (unpaired) electrons. The number of thiazole rings is 1. The molecule has 2 aromatic heterocycles. The Labute approximate surface area is 181 Å². The van der Waals surface area contributed by atoms with Gasteiger partial charge in [0.15, 0.2) is 17.4 Å². The number of rotatable bonds is 7. The van der Waals surface area contributed by atoms with Gasteiger partial charge in [-0.25, -0.2) is 19.7 Å². The van der Waals surface area contributed by atoms with Crippen molar-refractivity contribution in [3.05, 3.63) is 46.2 Å². The highest BCUT2D eigenvalue weighted by atomic mass is 35.5. The zero-order valence-electron chi connectivity index (χ0n) is 16.3. The minimum Gasteiger partial charge on any atom is -0.495 e. The van der Waals surface area contributed by atoms with Gasteiger partial charge in [-0.1, -0.05) is 11.6 Å². The Morgan fingerprint density at radius 3 is 2.50 bits per heavy atom. The Balaban J connectivity index is 1.66. The molecule has 0 atom stereocenters. The van der Waals surface area contributed by atoms with E-state index in [0.29, 0.717) is 38.7 Å². The van der Waals surface area contributed by atoms with Crippen molar-refractivity contribution < 1.29 is 23.8 Å². The second kappa shape index (κ2) is 9.51. The second-order valence-corrected chi connectivity index (χ2v) is 7.22. The van der Waals surface area contributed by atoms with Crippen LogP contribution in [0.1, 0.15) is 15.4 Å². The number of ether oxygens (including phenoxy) is 3. The molecular formula is C19H17ClN4O5S. The first kappa shape index (κ1) is 21.5. The van der Waals surface area contributed by atoms with Crippen molar-refractivity contribution in [3.8, 4) is 22.3 Å². The van der Waals surface area contributed by atoms with Crippen LogP contribution in [0.25, 0.3) is 10.8 Å². The third-order valence-corrected chi connectivity index (χ3v) is 5.25. The number of aryl methyl sites for hydroxylation is 1. The number of hydrogen-bond acceptors (Lipinski definition) is 9. The summed E-state index contributed by atoms with van der Waals surface area (Å²) in [6.45, 7) is 1.17. The average molecular weight is 449 g/mol. The third-order valence-electron chi connectivity index (χ3n) is 3.82. The first-order valence-corrected chi connectivity index (χ1v) is 9.75. The molecule has 156 valence electrons. The molecule has 0 fully saturated rings. The zero-order chi connectivity index (χ0) is 21.7. The SMILES string of the molecule is COc1cc(NC(=O)COC(=O)c2sc(-c3ncccn3)nc2C)c(OC)cc1Cl. The van der Waals surface area contributed by atoms with Crippen LogP contribution in [-0.2, 0) is 9.53 Å². The van der Waals surface area contributed by atoms with Crippen molar-refractivity contribution in [2.24, 2.45) is 0 Å². The van der Waals surface area contributed by atoms with E-state index in [1.807, 2.05) is 0 Å². The number of benzene rings is 1. The smallest absolute Gasteiger partial charge is 0.350 e. The van der Waals surface area contributed by atoms with Crippen molar-refractivity contribution in [2.75, 3.05) is 26.1 Å². The molecule has 0 saturated carbocycles. The van der Waals surface area contributed by atoms with Gasteiger partial charge in [-0.2, -0.15) is 0 Å². The monoisotopic (exact) mass is 448 g/mol. The molecule has 0 aliphatic carbocycles. The molecule has 30 heavy (non-hydrogen) atoms.